The van der Waals surface area contributed by atoms with Gasteiger partial charge in [-0.3, -0.25) is 4.79 Å². The highest BCUT2D eigenvalue weighted by Gasteiger charge is 1.98. The molecule has 1 aromatic rings. The molecule has 2 nitrogen and oxygen atoms in total. The van der Waals surface area contributed by atoms with Crippen molar-refractivity contribution in [2.75, 3.05) is 11.9 Å². The monoisotopic (exact) mass is 298 g/mol. The van der Waals surface area contributed by atoms with E-state index in [1.165, 1.54) is 12.8 Å². The van der Waals surface area contributed by atoms with Crippen LogP contribution in [0.1, 0.15) is 31.7 Å². The van der Waals surface area contributed by atoms with Crippen LogP contribution in [0.5, 0.6) is 5.75 Å². The van der Waals surface area contributed by atoms with Crippen LogP contribution in [0.25, 0.3) is 0 Å². The van der Waals surface area contributed by atoms with Crippen molar-refractivity contribution in [3.8, 4) is 5.75 Å². The van der Waals surface area contributed by atoms with Gasteiger partial charge in [-0.05, 0) is 43.9 Å². The highest BCUT2D eigenvalue weighted by Crippen LogP contribution is 2.13. The van der Waals surface area contributed by atoms with Gasteiger partial charge in [-0.25, -0.2) is 0 Å². The normalized spacial score (nSPS) is 10.2. The minimum Gasteiger partial charge on any atom is -0.494 e. The second kappa shape index (κ2) is 8.29. The van der Waals surface area contributed by atoms with Gasteiger partial charge in [-0.2, -0.15) is 0 Å². The van der Waals surface area contributed by atoms with Crippen LogP contribution in [-0.2, 0) is 11.2 Å². The number of alkyl halides is 1. The number of unbranched alkanes of at least 4 members (excludes halogenated alkanes) is 2. The first-order valence-electron chi connectivity index (χ1n) is 5.99. The molecule has 0 aliphatic carbocycles. The number of benzene rings is 1. The zero-order valence-electron chi connectivity index (χ0n) is 10.2. The first-order valence-corrected chi connectivity index (χ1v) is 7.11. The van der Waals surface area contributed by atoms with E-state index in [4.69, 9.17) is 4.74 Å². The molecule has 0 N–H and O–H groups in total. The van der Waals surface area contributed by atoms with Crippen LogP contribution >= 0.6 is 15.9 Å². The molecule has 0 aliphatic heterocycles. The van der Waals surface area contributed by atoms with E-state index in [1.54, 1.807) is 6.92 Å². The predicted molar refractivity (Wildman–Crippen MR) is 74.0 cm³/mol. The SMILES string of the molecule is CC(=O)Cc1ccc(OCCCCCBr)cc1. The van der Waals surface area contributed by atoms with Gasteiger partial charge in [0.05, 0.1) is 6.61 Å². The van der Waals surface area contributed by atoms with Crippen LogP contribution in [0.4, 0.5) is 0 Å². The topological polar surface area (TPSA) is 26.3 Å². The summed E-state index contributed by atoms with van der Waals surface area (Å²) in [6.45, 7) is 2.37. The number of rotatable bonds is 8. The highest BCUT2D eigenvalue weighted by atomic mass is 79.9. The lowest BCUT2D eigenvalue weighted by atomic mass is 10.1. The maximum atomic E-state index is 10.9. The van der Waals surface area contributed by atoms with E-state index in [2.05, 4.69) is 15.9 Å². The van der Waals surface area contributed by atoms with Crippen LogP contribution in [0.15, 0.2) is 24.3 Å². The van der Waals surface area contributed by atoms with E-state index < -0.39 is 0 Å². The molecule has 0 aliphatic rings. The summed E-state index contributed by atoms with van der Waals surface area (Å²) in [5.74, 6) is 1.07. The molecule has 3 heteroatoms. The maximum absolute atomic E-state index is 10.9. The van der Waals surface area contributed by atoms with E-state index in [-0.39, 0.29) is 5.78 Å². The molecule has 0 atom stereocenters. The van der Waals surface area contributed by atoms with Gasteiger partial charge in [-0.15, -0.1) is 0 Å². The molecule has 0 aromatic heterocycles. The second-order valence-corrected chi connectivity index (χ2v) is 4.91. The minimum absolute atomic E-state index is 0.188. The predicted octanol–water partition coefficient (Wildman–Crippen LogP) is 3.76. The Morgan fingerprint density at radius 3 is 2.47 bits per heavy atom. The molecule has 0 unspecified atom stereocenters. The summed E-state index contributed by atoms with van der Waals surface area (Å²) in [5, 5.41) is 1.06. The van der Waals surface area contributed by atoms with E-state index in [0.717, 1.165) is 29.7 Å². The molecular weight excluding hydrogens is 280 g/mol. The maximum Gasteiger partial charge on any atom is 0.134 e. The average molecular weight is 299 g/mol. The lowest BCUT2D eigenvalue weighted by molar-refractivity contribution is -0.116. The van der Waals surface area contributed by atoms with Crippen LogP contribution in [0, 0.1) is 0 Å². The summed E-state index contributed by atoms with van der Waals surface area (Å²) in [6, 6.07) is 7.77. The van der Waals surface area contributed by atoms with Gasteiger partial charge in [-0.1, -0.05) is 28.1 Å². The van der Waals surface area contributed by atoms with Crippen LogP contribution in [0.2, 0.25) is 0 Å². The van der Waals surface area contributed by atoms with E-state index >= 15 is 0 Å². The Bertz CT molecular complexity index is 333. The number of hydrogen-bond donors (Lipinski definition) is 0. The lowest BCUT2D eigenvalue weighted by Gasteiger charge is -2.06. The molecule has 0 fully saturated rings. The van der Waals surface area contributed by atoms with Gasteiger partial charge in [0.15, 0.2) is 0 Å². The van der Waals surface area contributed by atoms with Crippen molar-refractivity contribution in [2.24, 2.45) is 0 Å². The molecule has 1 rings (SSSR count). The van der Waals surface area contributed by atoms with Gasteiger partial charge >= 0.3 is 0 Å². The molecular formula is C14H19BrO2. The fourth-order valence-corrected chi connectivity index (χ4v) is 1.95. The van der Waals surface area contributed by atoms with Gasteiger partial charge < -0.3 is 4.74 Å². The van der Waals surface area contributed by atoms with Crippen molar-refractivity contribution in [3.05, 3.63) is 29.8 Å². The van der Waals surface area contributed by atoms with Crippen molar-refractivity contribution in [2.45, 2.75) is 32.6 Å². The smallest absolute Gasteiger partial charge is 0.134 e. The molecule has 94 valence electrons. The summed E-state index contributed by atoms with van der Waals surface area (Å²) in [7, 11) is 0. The fraction of sp³-hybridized carbons (Fsp3) is 0.500. The van der Waals surface area contributed by atoms with E-state index in [9.17, 15) is 4.79 Å². The quantitative estimate of drug-likeness (QED) is 0.539. The summed E-state index contributed by atoms with van der Waals surface area (Å²) < 4.78 is 5.61. The molecule has 0 spiro atoms. The molecule has 0 saturated heterocycles. The largest absolute Gasteiger partial charge is 0.494 e. The van der Waals surface area contributed by atoms with Crippen LogP contribution in [0.3, 0.4) is 0 Å². The third kappa shape index (κ3) is 6.47. The first kappa shape index (κ1) is 14.2. The summed E-state index contributed by atoms with van der Waals surface area (Å²) >= 11 is 3.41. The number of ketones is 1. The molecule has 0 saturated carbocycles. The summed E-state index contributed by atoms with van der Waals surface area (Å²) in [4.78, 5) is 10.9. The number of ether oxygens (including phenoxy) is 1. The minimum atomic E-state index is 0.188. The van der Waals surface area contributed by atoms with Crippen molar-refractivity contribution in [1.29, 1.82) is 0 Å². The Labute approximate surface area is 111 Å². The van der Waals surface area contributed by atoms with Crippen LogP contribution < -0.4 is 4.74 Å². The summed E-state index contributed by atoms with van der Waals surface area (Å²) in [6.07, 6.45) is 3.97. The Morgan fingerprint density at radius 2 is 1.88 bits per heavy atom. The molecule has 0 bridgehead atoms. The van der Waals surface area contributed by atoms with Gasteiger partial charge in [0.1, 0.15) is 11.5 Å². The van der Waals surface area contributed by atoms with Gasteiger partial charge in [0, 0.05) is 11.8 Å². The molecule has 0 radical (unpaired) electrons. The van der Waals surface area contributed by atoms with Gasteiger partial charge in [0.25, 0.3) is 0 Å². The van der Waals surface area contributed by atoms with Gasteiger partial charge in [0.2, 0.25) is 0 Å². The second-order valence-electron chi connectivity index (χ2n) is 4.12. The van der Waals surface area contributed by atoms with Crippen molar-refractivity contribution in [3.63, 3.8) is 0 Å². The Hall–Kier alpha value is -0.830. The molecule has 1 aromatic carbocycles. The van der Waals surface area contributed by atoms with Crippen LogP contribution in [-0.4, -0.2) is 17.7 Å². The zero-order valence-corrected chi connectivity index (χ0v) is 11.8. The van der Waals surface area contributed by atoms with Crippen molar-refractivity contribution < 1.29 is 9.53 Å². The number of halogens is 1. The Morgan fingerprint density at radius 1 is 1.18 bits per heavy atom. The third-order valence-electron chi connectivity index (χ3n) is 2.42. The number of Topliss-reactive ketones (excluding diaryl/α,β-unsaturated/α-hetero) is 1. The fourth-order valence-electron chi connectivity index (χ4n) is 1.55. The lowest BCUT2D eigenvalue weighted by Crippen LogP contribution is -1.99. The Kier molecular flexibility index (Phi) is 6.94. The van der Waals surface area contributed by atoms with E-state index in [1.807, 2.05) is 24.3 Å². The third-order valence-corrected chi connectivity index (χ3v) is 2.98. The number of carbonyl (C=O) groups is 1. The Balaban J connectivity index is 2.28. The highest BCUT2D eigenvalue weighted by molar-refractivity contribution is 9.09. The molecule has 17 heavy (non-hydrogen) atoms. The first-order chi connectivity index (χ1) is 8.22. The average Bonchev–Trinajstić information content (AvgIpc) is 2.30. The molecule has 0 heterocycles. The summed E-state index contributed by atoms with van der Waals surface area (Å²) in [5.41, 5.74) is 1.05. The van der Waals surface area contributed by atoms with E-state index in [0.29, 0.717) is 6.42 Å². The standard InChI is InChI=1S/C14H19BrO2/c1-12(16)11-13-5-7-14(8-6-13)17-10-4-2-3-9-15/h5-8H,2-4,9-11H2,1H3. The molecule has 0 amide bonds. The number of hydrogen-bond acceptors (Lipinski definition) is 2. The van der Waals surface area contributed by atoms with Crippen molar-refractivity contribution in [1.82, 2.24) is 0 Å². The van der Waals surface area contributed by atoms with Crippen molar-refractivity contribution >= 4 is 21.7 Å². The number of carbonyl (C=O) groups excluding carboxylic acids is 1. The zero-order chi connectivity index (χ0) is 12.5.